The molecule has 0 aliphatic carbocycles. The van der Waals surface area contributed by atoms with Crippen LogP contribution >= 0.6 is 15.9 Å². The van der Waals surface area contributed by atoms with E-state index < -0.39 is 0 Å². The van der Waals surface area contributed by atoms with Crippen LogP contribution in [-0.4, -0.2) is 18.5 Å². The molecule has 0 fully saturated rings. The van der Waals surface area contributed by atoms with Crippen molar-refractivity contribution in [3.05, 3.63) is 36.4 Å². The molecule has 0 saturated heterocycles. The minimum atomic E-state index is 0.792. The number of fused-ring (bicyclic) bond motifs is 1. The van der Waals surface area contributed by atoms with Gasteiger partial charge in [0, 0.05) is 16.1 Å². The number of benzene rings is 2. The van der Waals surface area contributed by atoms with E-state index in [1.807, 2.05) is 0 Å². The molecule has 0 radical (unpaired) electrons. The molecule has 0 spiro atoms. The summed E-state index contributed by atoms with van der Waals surface area (Å²) in [5, 5.41) is 3.44. The summed E-state index contributed by atoms with van der Waals surface area (Å²) in [4.78, 5) is 0. The van der Waals surface area contributed by atoms with Crippen molar-refractivity contribution in [2.45, 2.75) is 77.6 Å². The molecule has 0 aromatic heterocycles. The van der Waals surface area contributed by atoms with Crippen molar-refractivity contribution in [3.8, 4) is 11.5 Å². The summed E-state index contributed by atoms with van der Waals surface area (Å²) < 4.78 is 12.2. The number of ether oxygens (including phenoxy) is 2. The van der Waals surface area contributed by atoms with Crippen LogP contribution in [0.1, 0.15) is 77.6 Å². The Kier molecular flexibility index (Phi) is 12.1. The number of unbranched alkanes of at least 4 members (excludes halogenated alkanes) is 9. The smallest absolute Gasteiger partial charge is 0.127 e. The molecule has 0 unspecified atom stereocenters. The van der Waals surface area contributed by atoms with Crippen molar-refractivity contribution in [1.29, 1.82) is 0 Å². The first-order chi connectivity index (χ1) is 13.9. The molecule has 28 heavy (non-hydrogen) atoms. The van der Waals surface area contributed by atoms with Crippen LogP contribution in [0.4, 0.5) is 0 Å². The van der Waals surface area contributed by atoms with E-state index in [-0.39, 0.29) is 0 Å². The Labute approximate surface area is 180 Å². The molecule has 0 saturated carbocycles. The SMILES string of the molecule is CCCCCCCOc1ccc(OCCCCCCCCBr)c2ccccc12. The zero-order valence-corrected chi connectivity index (χ0v) is 19.1. The molecule has 2 aromatic rings. The van der Waals surface area contributed by atoms with Gasteiger partial charge in [-0.25, -0.2) is 0 Å². The van der Waals surface area contributed by atoms with E-state index in [1.54, 1.807) is 0 Å². The Bertz CT molecular complexity index is 656. The average molecular weight is 449 g/mol. The van der Waals surface area contributed by atoms with Crippen molar-refractivity contribution in [3.63, 3.8) is 0 Å². The van der Waals surface area contributed by atoms with E-state index in [4.69, 9.17) is 9.47 Å². The second-order valence-corrected chi connectivity index (χ2v) is 8.32. The largest absolute Gasteiger partial charge is 0.493 e. The third-order valence-electron chi connectivity index (χ3n) is 5.14. The van der Waals surface area contributed by atoms with Gasteiger partial charge in [-0.15, -0.1) is 0 Å². The summed E-state index contributed by atoms with van der Waals surface area (Å²) in [7, 11) is 0. The predicted octanol–water partition coefficient (Wildman–Crippen LogP) is 8.30. The standard InChI is InChI=1S/C25H37BrO2/c1-2-3-4-8-13-20-27-24-17-18-25(23-16-11-10-15-22(23)24)28-21-14-9-6-5-7-12-19-26/h10-11,15-18H,2-9,12-14,19-21H2,1H3. The van der Waals surface area contributed by atoms with Crippen LogP contribution < -0.4 is 9.47 Å². The highest BCUT2D eigenvalue weighted by atomic mass is 79.9. The first-order valence-corrected chi connectivity index (χ1v) is 12.3. The van der Waals surface area contributed by atoms with Gasteiger partial charge in [0.05, 0.1) is 13.2 Å². The Morgan fingerprint density at radius 1 is 0.607 bits per heavy atom. The Morgan fingerprint density at radius 2 is 1.07 bits per heavy atom. The van der Waals surface area contributed by atoms with Gasteiger partial charge in [-0.05, 0) is 31.4 Å². The van der Waals surface area contributed by atoms with Crippen molar-refractivity contribution in [1.82, 2.24) is 0 Å². The van der Waals surface area contributed by atoms with E-state index in [9.17, 15) is 0 Å². The highest BCUT2D eigenvalue weighted by Crippen LogP contribution is 2.33. The normalized spacial score (nSPS) is 11.1. The highest BCUT2D eigenvalue weighted by molar-refractivity contribution is 9.09. The van der Waals surface area contributed by atoms with E-state index in [0.717, 1.165) is 53.7 Å². The second-order valence-electron chi connectivity index (χ2n) is 7.53. The van der Waals surface area contributed by atoms with Crippen LogP contribution in [0.5, 0.6) is 11.5 Å². The number of rotatable bonds is 16. The molecule has 2 rings (SSSR count). The monoisotopic (exact) mass is 448 g/mol. The fraction of sp³-hybridized carbons (Fsp3) is 0.600. The summed E-state index contributed by atoms with van der Waals surface area (Å²) in [5.41, 5.74) is 0. The van der Waals surface area contributed by atoms with E-state index >= 15 is 0 Å². The molecule has 0 aliphatic heterocycles. The number of hydrogen-bond acceptors (Lipinski definition) is 2. The van der Waals surface area contributed by atoms with Gasteiger partial charge >= 0.3 is 0 Å². The third-order valence-corrected chi connectivity index (χ3v) is 5.70. The van der Waals surface area contributed by atoms with E-state index in [0.29, 0.717) is 0 Å². The number of halogens is 1. The van der Waals surface area contributed by atoms with Gasteiger partial charge in [-0.2, -0.15) is 0 Å². The van der Waals surface area contributed by atoms with Crippen LogP contribution in [0.15, 0.2) is 36.4 Å². The highest BCUT2D eigenvalue weighted by Gasteiger charge is 2.08. The molecule has 0 N–H and O–H groups in total. The van der Waals surface area contributed by atoms with Gasteiger partial charge in [0.25, 0.3) is 0 Å². The fourth-order valence-corrected chi connectivity index (χ4v) is 3.87. The number of alkyl halides is 1. The van der Waals surface area contributed by atoms with E-state index in [2.05, 4.69) is 59.3 Å². The maximum Gasteiger partial charge on any atom is 0.127 e. The minimum Gasteiger partial charge on any atom is -0.493 e. The van der Waals surface area contributed by atoms with Crippen LogP contribution in [0, 0.1) is 0 Å². The molecule has 0 amide bonds. The molecule has 2 aromatic carbocycles. The second kappa shape index (κ2) is 14.7. The fourth-order valence-electron chi connectivity index (χ4n) is 3.47. The van der Waals surface area contributed by atoms with Gasteiger partial charge in [0.2, 0.25) is 0 Å². The van der Waals surface area contributed by atoms with Crippen LogP contribution in [0.25, 0.3) is 10.8 Å². The van der Waals surface area contributed by atoms with Crippen molar-refractivity contribution in [2.75, 3.05) is 18.5 Å². The average Bonchev–Trinajstić information content (AvgIpc) is 2.73. The van der Waals surface area contributed by atoms with Crippen molar-refractivity contribution in [2.24, 2.45) is 0 Å². The molecule has 2 nitrogen and oxygen atoms in total. The zero-order valence-electron chi connectivity index (χ0n) is 17.6. The quantitative estimate of drug-likeness (QED) is 0.190. The van der Waals surface area contributed by atoms with Gasteiger partial charge in [0.15, 0.2) is 0 Å². The zero-order chi connectivity index (χ0) is 19.9. The predicted molar refractivity (Wildman–Crippen MR) is 125 cm³/mol. The lowest BCUT2D eigenvalue weighted by molar-refractivity contribution is 0.301. The van der Waals surface area contributed by atoms with Crippen LogP contribution in [-0.2, 0) is 0 Å². The topological polar surface area (TPSA) is 18.5 Å². The molecule has 0 heterocycles. The lowest BCUT2D eigenvalue weighted by atomic mass is 10.1. The van der Waals surface area contributed by atoms with Gasteiger partial charge in [0.1, 0.15) is 11.5 Å². The molecule has 0 aliphatic rings. The third kappa shape index (κ3) is 8.43. The number of hydrogen-bond donors (Lipinski definition) is 0. The molecular formula is C25H37BrO2. The summed E-state index contributed by atoms with van der Waals surface area (Å²) in [6, 6.07) is 12.6. The van der Waals surface area contributed by atoms with Crippen molar-refractivity contribution >= 4 is 26.7 Å². The first kappa shape index (κ1) is 23.1. The van der Waals surface area contributed by atoms with E-state index in [1.165, 1.54) is 57.8 Å². The lowest BCUT2D eigenvalue weighted by Crippen LogP contribution is -2.00. The summed E-state index contributed by atoms with van der Waals surface area (Å²) in [5.74, 6) is 1.95. The maximum atomic E-state index is 6.11. The van der Waals surface area contributed by atoms with Crippen LogP contribution in [0.3, 0.4) is 0 Å². The first-order valence-electron chi connectivity index (χ1n) is 11.2. The Morgan fingerprint density at radius 3 is 1.57 bits per heavy atom. The lowest BCUT2D eigenvalue weighted by Gasteiger charge is -2.13. The Hall–Kier alpha value is -1.22. The van der Waals surface area contributed by atoms with Crippen LogP contribution in [0.2, 0.25) is 0 Å². The molecular weight excluding hydrogens is 412 g/mol. The summed E-state index contributed by atoms with van der Waals surface area (Å²) in [6.07, 6.45) is 13.9. The molecule has 156 valence electrons. The Balaban J connectivity index is 1.80. The summed E-state index contributed by atoms with van der Waals surface area (Å²) in [6.45, 7) is 3.83. The molecule has 0 bridgehead atoms. The summed E-state index contributed by atoms with van der Waals surface area (Å²) >= 11 is 3.49. The van der Waals surface area contributed by atoms with Crippen molar-refractivity contribution < 1.29 is 9.47 Å². The maximum absolute atomic E-state index is 6.11. The molecule has 3 heteroatoms. The molecule has 0 atom stereocenters. The van der Waals surface area contributed by atoms with Gasteiger partial charge in [-0.1, -0.05) is 98.5 Å². The van der Waals surface area contributed by atoms with Gasteiger partial charge < -0.3 is 9.47 Å². The minimum absolute atomic E-state index is 0.792. The van der Waals surface area contributed by atoms with Gasteiger partial charge in [-0.3, -0.25) is 0 Å².